The van der Waals surface area contributed by atoms with Gasteiger partial charge in [0.25, 0.3) is 0 Å². The second-order valence-corrected chi connectivity index (χ2v) is 12.6. The maximum absolute atomic E-state index is 12.6. The van der Waals surface area contributed by atoms with E-state index in [9.17, 15) is 4.79 Å². The minimum atomic E-state index is -0.407. The SMILES string of the molecule is Cc1c(-c2nc(N)nc3[nH]c(-c4ccc(N5CCN(C)CC5)cc4)cc23)cccc1N1C=Cc2cc(C3CC3)ccc2C1C=O. The summed E-state index contributed by atoms with van der Waals surface area (Å²) >= 11 is 0. The Balaban J connectivity index is 1.14. The number of hydrogen-bond donors (Lipinski definition) is 2. The van der Waals surface area contributed by atoms with Crippen LogP contribution in [0.2, 0.25) is 0 Å². The van der Waals surface area contributed by atoms with Crippen molar-refractivity contribution in [2.24, 2.45) is 0 Å². The smallest absolute Gasteiger partial charge is 0.222 e. The van der Waals surface area contributed by atoms with Gasteiger partial charge in [-0.3, -0.25) is 0 Å². The molecule has 226 valence electrons. The molecule has 1 aliphatic carbocycles. The molecule has 1 atom stereocenters. The Kier molecular flexibility index (Phi) is 6.68. The van der Waals surface area contributed by atoms with E-state index >= 15 is 0 Å². The first kappa shape index (κ1) is 27.6. The van der Waals surface area contributed by atoms with E-state index in [4.69, 9.17) is 10.7 Å². The van der Waals surface area contributed by atoms with Gasteiger partial charge in [0.05, 0.1) is 5.69 Å². The molecule has 2 aliphatic heterocycles. The number of H-pyrrole nitrogens is 1. The molecule has 8 rings (SSSR count). The summed E-state index contributed by atoms with van der Waals surface area (Å²) in [5.41, 5.74) is 17.5. The average molecular weight is 596 g/mol. The van der Waals surface area contributed by atoms with Gasteiger partial charge in [-0.2, -0.15) is 4.98 Å². The molecule has 1 unspecified atom stereocenters. The number of nitrogens with one attached hydrogen (secondary N) is 1. The quantitative estimate of drug-likeness (QED) is 0.215. The number of piperazine rings is 1. The number of likely N-dealkylation sites (N-methyl/N-ethyl adjacent to an activating group) is 1. The van der Waals surface area contributed by atoms with Crippen LogP contribution in [0, 0.1) is 6.92 Å². The second kappa shape index (κ2) is 10.9. The Morgan fingerprint density at radius 1 is 0.956 bits per heavy atom. The standard InChI is InChI=1S/C37H37N7O/c1-23-29(4-3-5-33(23)44-15-14-27-20-26(24-6-7-24)10-13-30(27)34(44)22-45)35-31-21-32(39-36(31)41-37(38)40-35)25-8-11-28(12-9-25)43-18-16-42(2)17-19-43/h3-5,8-15,20-22,24,34H,6-7,16-19H2,1-2H3,(H3,38,39,40,41). The highest BCUT2D eigenvalue weighted by atomic mass is 16.1. The summed E-state index contributed by atoms with van der Waals surface area (Å²) in [6.07, 6.45) is 7.71. The molecule has 4 heterocycles. The molecule has 0 spiro atoms. The summed E-state index contributed by atoms with van der Waals surface area (Å²) in [4.78, 5) is 32.2. The van der Waals surface area contributed by atoms with Crippen molar-refractivity contribution in [3.05, 3.63) is 95.2 Å². The third-order valence-electron chi connectivity index (χ3n) is 9.71. The molecule has 8 heteroatoms. The number of fused-ring (bicyclic) bond motifs is 2. The van der Waals surface area contributed by atoms with E-state index in [0.717, 1.165) is 82.7 Å². The lowest BCUT2D eigenvalue weighted by Crippen LogP contribution is -2.44. The monoisotopic (exact) mass is 595 g/mol. The first-order valence-electron chi connectivity index (χ1n) is 15.8. The van der Waals surface area contributed by atoms with Gasteiger partial charge in [0.15, 0.2) is 0 Å². The number of anilines is 3. The van der Waals surface area contributed by atoms with Crippen molar-refractivity contribution in [3.63, 3.8) is 0 Å². The number of nitrogens with two attached hydrogens (primary N) is 1. The molecule has 2 fully saturated rings. The molecular formula is C37H37N7O. The van der Waals surface area contributed by atoms with Gasteiger partial charge in [-0.1, -0.05) is 42.5 Å². The summed E-state index contributed by atoms with van der Waals surface area (Å²) in [5.74, 6) is 0.882. The van der Waals surface area contributed by atoms with Crippen molar-refractivity contribution in [2.75, 3.05) is 48.8 Å². The Hall–Kier alpha value is -4.95. The number of aromatic nitrogens is 3. The zero-order valence-corrected chi connectivity index (χ0v) is 25.7. The number of carbonyl (C=O) groups is 1. The van der Waals surface area contributed by atoms with E-state index < -0.39 is 6.04 Å². The van der Waals surface area contributed by atoms with Crippen LogP contribution in [0.25, 0.3) is 39.6 Å². The highest BCUT2D eigenvalue weighted by molar-refractivity contribution is 5.97. The Bertz CT molecular complexity index is 1950. The molecule has 5 aromatic rings. The lowest BCUT2D eigenvalue weighted by molar-refractivity contribution is -0.109. The summed E-state index contributed by atoms with van der Waals surface area (Å²) in [6.45, 7) is 6.30. The van der Waals surface area contributed by atoms with E-state index in [0.29, 0.717) is 11.6 Å². The van der Waals surface area contributed by atoms with E-state index in [1.165, 1.54) is 24.1 Å². The number of nitrogen functional groups attached to an aromatic ring is 1. The van der Waals surface area contributed by atoms with Gasteiger partial charge in [0, 0.05) is 60.4 Å². The number of hydrogen-bond acceptors (Lipinski definition) is 7. The molecule has 3 aromatic carbocycles. The van der Waals surface area contributed by atoms with Crippen LogP contribution < -0.4 is 15.5 Å². The first-order valence-corrected chi connectivity index (χ1v) is 15.8. The van der Waals surface area contributed by atoms with Gasteiger partial charge < -0.3 is 30.2 Å². The number of benzene rings is 3. The summed E-state index contributed by atoms with van der Waals surface area (Å²) in [7, 11) is 2.17. The summed E-state index contributed by atoms with van der Waals surface area (Å²) < 4.78 is 0. The van der Waals surface area contributed by atoms with Gasteiger partial charge in [-0.25, -0.2) is 4.98 Å². The van der Waals surface area contributed by atoms with Crippen molar-refractivity contribution < 1.29 is 4.79 Å². The summed E-state index contributed by atoms with van der Waals surface area (Å²) in [6, 6.07) is 23.2. The van der Waals surface area contributed by atoms with Crippen LogP contribution in [-0.2, 0) is 4.79 Å². The predicted molar refractivity (Wildman–Crippen MR) is 182 cm³/mol. The fourth-order valence-corrected chi connectivity index (χ4v) is 6.91. The van der Waals surface area contributed by atoms with Crippen molar-refractivity contribution in [1.82, 2.24) is 19.9 Å². The highest BCUT2D eigenvalue weighted by Gasteiger charge is 2.29. The van der Waals surface area contributed by atoms with Crippen LogP contribution in [-0.4, -0.2) is 59.4 Å². The maximum Gasteiger partial charge on any atom is 0.222 e. The first-order chi connectivity index (χ1) is 22.0. The van der Waals surface area contributed by atoms with Crippen molar-refractivity contribution in [1.29, 1.82) is 0 Å². The lowest BCUT2D eigenvalue weighted by Gasteiger charge is -2.34. The van der Waals surface area contributed by atoms with Crippen molar-refractivity contribution in [2.45, 2.75) is 31.7 Å². The Morgan fingerprint density at radius 2 is 1.76 bits per heavy atom. The van der Waals surface area contributed by atoms with E-state index in [1.54, 1.807) is 0 Å². The molecule has 1 saturated heterocycles. The van der Waals surface area contributed by atoms with E-state index in [2.05, 4.69) is 105 Å². The number of rotatable bonds is 6. The molecule has 45 heavy (non-hydrogen) atoms. The molecule has 3 aliphatic rings. The molecule has 1 saturated carbocycles. The molecule has 0 radical (unpaired) electrons. The van der Waals surface area contributed by atoms with Crippen LogP contribution in [0.1, 0.15) is 47.1 Å². The molecular weight excluding hydrogens is 558 g/mol. The van der Waals surface area contributed by atoms with Crippen LogP contribution in [0.4, 0.5) is 17.3 Å². The van der Waals surface area contributed by atoms with Gasteiger partial charge in [0.1, 0.15) is 18.0 Å². The van der Waals surface area contributed by atoms with Crippen molar-refractivity contribution >= 4 is 40.7 Å². The van der Waals surface area contributed by atoms with E-state index in [-0.39, 0.29) is 5.95 Å². The number of aldehydes is 1. The molecule has 0 amide bonds. The Labute approximate surface area is 263 Å². The van der Waals surface area contributed by atoms with Crippen molar-refractivity contribution in [3.8, 4) is 22.5 Å². The predicted octanol–water partition coefficient (Wildman–Crippen LogP) is 6.54. The highest BCUT2D eigenvalue weighted by Crippen LogP contribution is 2.44. The zero-order valence-electron chi connectivity index (χ0n) is 25.7. The third-order valence-corrected chi connectivity index (χ3v) is 9.71. The minimum Gasteiger partial charge on any atom is -0.369 e. The number of carbonyl (C=O) groups excluding carboxylic acids is 1. The van der Waals surface area contributed by atoms with Gasteiger partial charge in [-0.15, -0.1) is 0 Å². The number of nitrogens with zero attached hydrogens (tertiary/aromatic N) is 5. The van der Waals surface area contributed by atoms with Crippen LogP contribution >= 0.6 is 0 Å². The Morgan fingerprint density at radius 3 is 2.51 bits per heavy atom. The molecule has 8 nitrogen and oxygen atoms in total. The minimum absolute atomic E-state index is 0.213. The van der Waals surface area contributed by atoms with Gasteiger partial charge in [-0.05, 0) is 90.9 Å². The molecule has 2 aromatic heterocycles. The fraction of sp³-hybridized carbons (Fsp3) is 0.270. The summed E-state index contributed by atoms with van der Waals surface area (Å²) in [5, 5.41) is 0.904. The van der Waals surface area contributed by atoms with Gasteiger partial charge in [0.2, 0.25) is 5.95 Å². The number of aromatic amines is 1. The van der Waals surface area contributed by atoms with Gasteiger partial charge >= 0.3 is 0 Å². The average Bonchev–Trinajstić information content (AvgIpc) is 3.83. The normalized spacial score (nSPS) is 18.4. The largest absolute Gasteiger partial charge is 0.369 e. The van der Waals surface area contributed by atoms with Crippen LogP contribution in [0.3, 0.4) is 0 Å². The second-order valence-electron chi connectivity index (χ2n) is 12.6. The zero-order chi connectivity index (χ0) is 30.7. The van der Waals surface area contributed by atoms with E-state index in [1.807, 2.05) is 12.3 Å². The third kappa shape index (κ3) is 4.95. The van der Waals surface area contributed by atoms with Crippen LogP contribution in [0.5, 0.6) is 0 Å². The molecule has 3 N–H and O–H groups in total. The molecule has 0 bridgehead atoms. The van der Waals surface area contributed by atoms with Crippen LogP contribution in [0.15, 0.2) is 72.9 Å². The maximum atomic E-state index is 12.6. The topological polar surface area (TPSA) is 94.4 Å². The fourth-order valence-electron chi connectivity index (χ4n) is 6.91. The lowest BCUT2D eigenvalue weighted by atomic mass is 9.92.